The average Bonchev–Trinajstić information content (AvgIpc) is 2.16. The van der Waals surface area contributed by atoms with E-state index in [2.05, 4.69) is 4.98 Å². The van der Waals surface area contributed by atoms with Crippen molar-refractivity contribution in [1.29, 1.82) is 0 Å². The molecule has 1 aromatic rings. The number of carbonyl (C=O) groups is 1. The Bertz CT molecular complexity index is 355. The quantitative estimate of drug-likeness (QED) is 0.797. The molecule has 0 amide bonds. The van der Waals surface area contributed by atoms with Gasteiger partial charge in [-0.1, -0.05) is 0 Å². The number of aromatic carboxylic acids is 1. The highest BCUT2D eigenvalue weighted by Gasteiger charge is 2.14. The minimum Gasteiger partial charge on any atom is -0.478 e. The first-order valence-corrected chi connectivity index (χ1v) is 4.16. The minimum atomic E-state index is -1.17. The summed E-state index contributed by atoms with van der Waals surface area (Å²) < 4.78 is 12.7. The first-order valence-electron chi connectivity index (χ1n) is 4.16. The molecule has 0 aliphatic carbocycles. The number of hydrogen-bond donors (Lipinski definition) is 1. The molecule has 0 aliphatic rings. The molecule has 0 fully saturated rings. The molecule has 0 unspecified atom stereocenters. The van der Waals surface area contributed by atoms with Gasteiger partial charge in [-0.05, 0) is 13.0 Å². The lowest BCUT2D eigenvalue weighted by Crippen LogP contribution is -2.20. The van der Waals surface area contributed by atoms with Gasteiger partial charge in [0.2, 0.25) is 0 Å². The van der Waals surface area contributed by atoms with Crippen LogP contribution in [0.1, 0.15) is 17.3 Å². The van der Waals surface area contributed by atoms with Crippen LogP contribution in [0.15, 0.2) is 12.3 Å². The van der Waals surface area contributed by atoms with Crippen molar-refractivity contribution in [2.45, 2.75) is 6.92 Å². The molecule has 0 aliphatic heterocycles. The molecule has 1 aromatic heterocycles. The molecule has 0 saturated heterocycles. The second kappa shape index (κ2) is 4.04. The Balaban J connectivity index is 3.21. The van der Waals surface area contributed by atoms with E-state index in [0.717, 1.165) is 12.3 Å². The van der Waals surface area contributed by atoms with Gasteiger partial charge in [0.25, 0.3) is 0 Å². The van der Waals surface area contributed by atoms with E-state index in [0.29, 0.717) is 6.54 Å². The Kier molecular flexibility index (Phi) is 3.01. The highest BCUT2D eigenvalue weighted by atomic mass is 19.1. The smallest absolute Gasteiger partial charge is 0.339 e. The summed E-state index contributed by atoms with van der Waals surface area (Å²) in [4.78, 5) is 16.1. The molecule has 0 radical (unpaired) electrons. The van der Waals surface area contributed by atoms with Gasteiger partial charge in [0.15, 0.2) is 0 Å². The maximum Gasteiger partial charge on any atom is 0.339 e. The predicted molar refractivity (Wildman–Crippen MR) is 50.1 cm³/mol. The largest absolute Gasteiger partial charge is 0.478 e. The van der Waals surface area contributed by atoms with Gasteiger partial charge < -0.3 is 10.0 Å². The number of halogens is 1. The zero-order valence-corrected chi connectivity index (χ0v) is 7.99. The molecule has 0 bridgehead atoms. The third-order valence-electron chi connectivity index (χ3n) is 1.90. The van der Waals surface area contributed by atoms with Crippen LogP contribution in [0.2, 0.25) is 0 Å². The molecule has 4 nitrogen and oxygen atoms in total. The first kappa shape index (κ1) is 10.4. The Hall–Kier alpha value is -1.65. The summed E-state index contributed by atoms with van der Waals surface area (Å²) >= 11 is 0. The van der Waals surface area contributed by atoms with E-state index in [1.54, 1.807) is 11.9 Å². The zero-order valence-electron chi connectivity index (χ0n) is 7.99. The maximum atomic E-state index is 12.7. The van der Waals surface area contributed by atoms with Gasteiger partial charge >= 0.3 is 5.97 Å². The molecular formula is C9H11FN2O2. The fourth-order valence-electron chi connectivity index (χ4n) is 1.04. The van der Waals surface area contributed by atoms with Crippen LogP contribution in [0, 0.1) is 5.82 Å². The van der Waals surface area contributed by atoms with E-state index >= 15 is 0 Å². The van der Waals surface area contributed by atoms with Crippen molar-refractivity contribution < 1.29 is 14.3 Å². The minimum absolute atomic E-state index is 0.116. The number of pyridine rings is 1. The zero-order chi connectivity index (χ0) is 10.7. The van der Waals surface area contributed by atoms with Crippen LogP contribution < -0.4 is 4.90 Å². The Morgan fingerprint density at radius 1 is 1.71 bits per heavy atom. The summed E-state index contributed by atoms with van der Waals surface area (Å²) in [6, 6.07) is 0.969. The first-order chi connectivity index (χ1) is 6.56. The highest BCUT2D eigenvalue weighted by molar-refractivity contribution is 5.93. The van der Waals surface area contributed by atoms with Crippen molar-refractivity contribution in [3.8, 4) is 0 Å². The van der Waals surface area contributed by atoms with Crippen LogP contribution in [0.25, 0.3) is 0 Å². The molecule has 1 rings (SSSR count). The fourth-order valence-corrected chi connectivity index (χ4v) is 1.04. The van der Waals surface area contributed by atoms with Crippen LogP contribution in [0.4, 0.5) is 10.2 Å². The van der Waals surface area contributed by atoms with Crippen LogP contribution in [-0.2, 0) is 0 Å². The Morgan fingerprint density at radius 3 is 2.86 bits per heavy atom. The van der Waals surface area contributed by atoms with Crippen LogP contribution >= 0.6 is 0 Å². The Morgan fingerprint density at radius 2 is 2.36 bits per heavy atom. The van der Waals surface area contributed by atoms with E-state index in [4.69, 9.17) is 5.11 Å². The van der Waals surface area contributed by atoms with Crippen molar-refractivity contribution in [3.63, 3.8) is 0 Å². The lowest BCUT2D eigenvalue weighted by molar-refractivity contribution is 0.0696. The molecule has 0 atom stereocenters. The van der Waals surface area contributed by atoms with Gasteiger partial charge in [0.1, 0.15) is 17.2 Å². The summed E-state index contributed by atoms with van der Waals surface area (Å²) in [5.74, 6) is -1.54. The fraction of sp³-hybridized carbons (Fsp3) is 0.333. The van der Waals surface area contributed by atoms with Crippen LogP contribution in [-0.4, -0.2) is 29.7 Å². The van der Waals surface area contributed by atoms with Crippen molar-refractivity contribution in [2.24, 2.45) is 0 Å². The molecule has 0 spiro atoms. The third-order valence-corrected chi connectivity index (χ3v) is 1.90. The van der Waals surface area contributed by atoms with Crippen molar-refractivity contribution in [2.75, 3.05) is 18.5 Å². The number of aromatic nitrogens is 1. The normalized spacial score (nSPS) is 9.93. The lowest BCUT2D eigenvalue weighted by atomic mass is 10.2. The summed E-state index contributed by atoms with van der Waals surface area (Å²) in [5, 5.41) is 8.80. The van der Waals surface area contributed by atoms with Crippen LogP contribution in [0.3, 0.4) is 0 Å². The third kappa shape index (κ3) is 1.99. The molecule has 0 aromatic carbocycles. The van der Waals surface area contributed by atoms with Crippen molar-refractivity contribution in [3.05, 3.63) is 23.6 Å². The molecular weight excluding hydrogens is 187 g/mol. The SMILES string of the molecule is CCN(C)c1ncc(F)cc1C(=O)O. The van der Waals surface area contributed by atoms with Gasteiger partial charge in [-0.3, -0.25) is 0 Å². The van der Waals surface area contributed by atoms with E-state index in [9.17, 15) is 9.18 Å². The summed E-state index contributed by atoms with van der Waals surface area (Å²) in [5.41, 5.74) is -0.116. The number of rotatable bonds is 3. The van der Waals surface area contributed by atoms with Crippen LogP contribution in [0.5, 0.6) is 0 Å². The Labute approximate surface area is 81.0 Å². The van der Waals surface area contributed by atoms with E-state index < -0.39 is 11.8 Å². The molecule has 5 heteroatoms. The second-order valence-corrected chi connectivity index (χ2v) is 2.84. The average molecular weight is 198 g/mol. The van der Waals surface area contributed by atoms with Gasteiger partial charge in [0, 0.05) is 13.6 Å². The maximum absolute atomic E-state index is 12.7. The number of carboxylic acid groups (broad SMARTS) is 1. The van der Waals surface area contributed by atoms with E-state index in [1.165, 1.54) is 0 Å². The predicted octanol–water partition coefficient (Wildman–Crippen LogP) is 1.38. The number of carboxylic acids is 1. The molecule has 14 heavy (non-hydrogen) atoms. The highest BCUT2D eigenvalue weighted by Crippen LogP contribution is 2.16. The van der Waals surface area contributed by atoms with E-state index in [-0.39, 0.29) is 11.4 Å². The standard InChI is InChI=1S/C9H11FN2O2/c1-3-12(2)8-7(9(13)14)4-6(10)5-11-8/h4-5H,3H2,1-2H3,(H,13,14). The lowest BCUT2D eigenvalue weighted by Gasteiger charge is -2.17. The van der Waals surface area contributed by atoms with Gasteiger partial charge in [0.05, 0.1) is 6.20 Å². The molecule has 1 heterocycles. The van der Waals surface area contributed by atoms with Crippen molar-refractivity contribution in [1.82, 2.24) is 4.98 Å². The van der Waals surface area contributed by atoms with Crippen molar-refractivity contribution >= 4 is 11.8 Å². The topological polar surface area (TPSA) is 53.4 Å². The number of nitrogens with zero attached hydrogens (tertiary/aromatic N) is 2. The van der Waals surface area contributed by atoms with Gasteiger partial charge in [-0.15, -0.1) is 0 Å². The number of anilines is 1. The summed E-state index contributed by atoms with van der Waals surface area (Å²) in [6.45, 7) is 2.47. The van der Waals surface area contributed by atoms with Gasteiger partial charge in [-0.2, -0.15) is 0 Å². The summed E-state index contributed by atoms with van der Waals surface area (Å²) in [6.07, 6.45) is 1.01. The number of hydrogen-bond acceptors (Lipinski definition) is 3. The molecule has 76 valence electrons. The summed E-state index contributed by atoms with van der Waals surface area (Å²) in [7, 11) is 1.70. The van der Waals surface area contributed by atoms with Gasteiger partial charge in [-0.25, -0.2) is 14.2 Å². The molecule has 1 N–H and O–H groups in total. The monoisotopic (exact) mass is 198 g/mol. The van der Waals surface area contributed by atoms with E-state index in [1.807, 2.05) is 6.92 Å². The second-order valence-electron chi connectivity index (χ2n) is 2.84. The molecule has 0 saturated carbocycles.